The number of hydrogen-bond donors (Lipinski definition) is 1. The van der Waals surface area contributed by atoms with Gasteiger partial charge in [0.1, 0.15) is 5.69 Å². The molecule has 0 spiro atoms. The molecule has 0 saturated carbocycles. The fourth-order valence-electron chi connectivity index (χ4n) is 1.15. The van der Waals surface area contributed by atoms with Gasteiger partial charge in [-0.1, -0.05) is 10.4 Å². The van der Waals surface area contributed by atoms with Crippen LogP contribution in [0.15, 0.2) is 6.20 Å². The van der Waals surface area contributed by atoms with Crippen LogP contribution in [-0.4, -0.2) is 30.0 Å². The molecular formula is C7H11N7. The SMILES string of the molecule is Cc1c(N)nnn1Cc1cn(C)nn1. The van der Waals surface area contributed by atoms with Crippen LogP contribution in [0.25, 0.3) is 0 Å². The van der Waals surface area contributed by atoms with E-state index in [4.69, 9.17) is 5.73 Å². The zero-order valence-corrected chi connectivity index (χ0v) is 8.05. The molecule has 2 heterocycles. The van der Waals surface area contributed by atoms with Gasteiger partial charge in [-0.25, -0.2) is 4.68 Å². The van der Waals surface area contributed by atoms with Gasteiger partial charge >= 0.3 is 0 Å². The van der Waals surface area contributed by atoms with Crippen LogP contribution in [0.3, 0.4) is 0 Å². The Hall–Kier alpha value is -1.92. The van der Waals surface area contributed by atoms with Gasteiger partial charge in [0.05, 0.1) is 12.2 Å². The first-order valence-corrected chi connectivity index (χ1v) is 4.17. The highest BCUT2D eigenvalue weighted by Crippen LogP contribution is 2.06. The van der Waals surface area contributed by atoms with Crippen molar-refractivity contribution in [2.24, 2.45) is 7.05 Å². The lowest BCUT2D eigenvalue weighted by molar-refractivity contribution is 0.621. The summed E-state index contributed by atoms with van der Waals surface area (Å²) in [5, 5.41) is 15.4. The highest BCUT2D eigenvalue weighted by Gasteiger charge is 2.06. The Morgan fingerprint density at radius 3 is 2.64 bits per heavy atom. The number of nitrogen functional groups attached to an aromatic ring is 1. The molecule has 2 aromatic heterocycles. The lowest BCUT2D eigenvalue weighted by Gasteiger charge is -1.98. The molecule has 74 valence electrons. The van der Waals surface area contributed by atoms with E-state index in [9.17, 15) is 0 Å². The molecule has 0 fully saturated rings. The number of aryl methyl sites for hydroxylation is 1. The molecule has 0 unspecified atom stereocenters. The van der Waals surface area contributed by atoms with Crippen molar-refractivity contribution in [2.45, 2.75) is 13.5 Å². The molecule has 2 N–H and O–H groups in total. The van der Waals surface area contributed by atoms with E-state index < -0.39 is 0 Å². The second-order valence-electron chi connectivity index (χ2n) is 3.10. The molecule has 7 heteroatoms. The molecule has 14 heavy (non-hydrogen) atoms. The van der Waals surface area contributed by atoms with Crippen LogP contribution in [0.5, 0.6) is 0 Å². The van der Waals surface area contributed by atoms with E-state index in [1.807, 2.05) is 20.2 Å². The second-order valence-corrected chi connectivity index (χ2v) is 3.10. The molecular weight excluding hydrogens is 182 g/mol. The Bertz CT molecular complexity index is 441. The number of nitrogens with two attached hydrogens (primary N) is 1. The van der Waals surface area contributed by atoms with Crippen LogP contribution in [-0.2, 0) is 13.6 Å². The van der Waals surface area contributed by atoms with Crippen molar-refractivity contribution in [1.82, 2.24) is 30.0 Å². The van der Waals surface area contributed by atoms with Crippen molar-refractivity contribution in [2.75, 3.05) is 5.73 Å². The van der Waals surface area contributed by atoms with Crippen molar-refractivity contribution in [1.29, 1.82) is 0 Å². The van der Waals surface area contributed by atoms with Crippen LogP contribution in [0.1, 0.15) is 11.4 Å². The second kappa shape index (κ2) is 3.09. The van der Waals surface area contributed by atoms with Gasteiger partial charge in [-0.2, -0.15) is 0 Å². The Kier molecular flexibility index (Phi) is 1.91. The molecule has 0 radical (unpaired) electrons. The van der Waals surface area contributed by atoms with Crippen molar-refractivity contribution in [3.63, 3.8) is 0 Å². The summed E-state index contributed by atoms with van der Waals surface area (Å²) < 4.78 is 3.34. The summed E-state index contributed by atoms with van der Waals surface area (Å²) >= 11 is 0. The predicted molar refractivity (Wildman–Crippen MR) is 49.3 cm³/mol. The quantitative estimate of drug-likeness (QED) is 0.684. The molecule has 2 rings (SSSR count). The number of rotatable bonds is 2. The summed E-state index contributed by atoms with van der Waals surface area (Å²) in [6, 6.07) is 0. The van der Waals surface area contributed by atoms with Gasteiger partial charge in [-0.05, 0) is 6.92 Å². The summed E-state index contributed by atoms with van der Waals surface area (Å²) in [7, 11) is 1.82. The maximum absolute atomic E-state index is 5.56. The highest BCUT2D eigenvalue weighted by atomic mass is 15.5. The van der Waals surface area contributed by atoms with Gasteiger partial charge in [0.25, 0.3) is 0 Å². The molecule has 0 saturated heterocycles. The van der Waals surface area contributed by atoms with Crippen LogP contribution in [0, 0.1) is 6.92 Å². The molecule has 0 aliphatic rings. The van der Waals surface area contributed by atoms with E-state index >= 15 is 0 Å². The normalized spacial score (nSPS) is 10.7. The number of anilines is 1. The average molecular weight is 193 g/mol. The third kappa shape index (κ3) is 1.43. The molecule has 0 bridgehead atoms. The summed E-state index contributed by atoms with van der Waals surface area (Å²) in [4.78, 5) is 0. The zero-order valence-electron chi connectivity index (χ0n) is 8.05. The Balaban J connectivity index is 2.22. The number of hydrogen-bond acceptors (Lipinski definition) is 5. The molecule has 0 aromatic carbocycles. The average Bonchev–Trinajstić information content (AvgIpc) is 2.67. The summed E-state index contributed by atoms with van der Waals surface area (Å²) in [5.74, 6) is 0.453. The largest absolute Gasteiger partial charge is 0.381 e. The van der Waals surface area contributed by atoms with Gasteiger partial charge in [-0.15, -0.1) is 10.2 Å². The smallest absolute Gasteiger partial charge is 0.168 e. The molecule has 7 nitrogen and oxygen atoms in total. The van der Waals surface area contributed by atoms with Crippen LogP contribution < -0.4 is 5.73 Å². The lowest BCUT2D eigenvalue weighted by atomic mass is 10.4. The highest BCUT2D eigenvalue weighted by molar-refractivity contribution is 5.31. The summed E-state index contributed by atoms with van der Waals surface area (Å²) in [6.45, 7) is 2.41. The molecule has 0 aliphatic carbocycles. The van der Waals surface area contributed by atoms with E-state index in [1.165, 1.54) is 0 Å². The standard InChI is InChI=1S/C7H11N7/c1-5-7(8)10-12-14(5)4-6-3-13(2)11-9-6/h3H,4,8H2,1-2H3. The van der Waals surface area contributed by atoms with E-state index in [0.717, 1.165) is 11.4 Å². The fourth-order valence-corrected chi connectivity index (χ4v) is 1.15. The first-order valence-electron chi connectivity index (χ1n) is 4.17. The fraction of sp³-hybridized carbons (Fsp3) is 0.429. The van der Waals surface area contributed by atoms with E-state index in [-0.39, 0.29) is 0 Å². The third-order valence-corrected chi connectivity index (χ3v) is 1.98. The Morgan fingerprint density at radius 2 is 2.14 bits per heavy atom. The summed E-state index contributed by atoms with van der Waals surface area (Å²) in [5.41, 5.74) is 7.24. The van der Waals surface area contributed by atoms with E-state index in [0.29, 0.717) is 12.4 Å². The Morgan fingerprint density at radius 1 is 1.36 bits per heavy atom. The predicted octanol–water partition coefficient (Wildman–Crippen LogP) is -0.654. The summed E-state index contributed by atoms with van der Waals surface area (Å²) in [6.07, 6.45) is 1.83. The third-order valence-electron chi connectivity index (χ3n) is 1.98. The van der Waals surface area contributed by atoms with Crippen LogP contribution in [0.4, 0.5) is 5.82 Å². The van der Waals surface area contributed by atoms with Gasteiger partial charge < -0.3 is 5.73 Å². The van der Waals surface area contributed by atoms with Gasteiger partial charge in [0.2, 0.25) is 0 Å². The van der Waals surface area contributed by atoms with E-state index in [2.05, 4.69) is 20.6 Å². The van der Waals surface area contributed by atoms with Gasteiger partial charge in [0, 0.05) is 13.2 Å². The maximum Gasteiger partial charge on any atom is 0.168 e. The topological polar surface area (TPSA) is 87.4 Å². The lowest BCUT2D eigenvalue weighted by Crippen LogP contribution is -2.04. The van der Waals surface area contributed by atoms with Crippen molar-refractivity contribution in [3.8, 4) is 0 Å². The molecule has 0 amide bonds. The zero-order chi connectivity index (χ0) is 10.1. The first kappa shape index (κ1) is 8.67. The maximum atomic E-state index is 5.56. The minimum atomic E-state index is 0.453. The van der Waals surface area contributed by atoms with Gasteiger partial charge in [-0.3, -0.25) is 4.68 Å². The van der Waals surface area contributed by atoms with Crippen molar-refractivity contribution >= 4 is 5.82 Å². The van der Waals surface area contributed by atoms with Crippen molar-refractivity contribution < 1.29 is 0 Å². The van der Waals surface area contributed by atoms with Crippen LogP contribution >= 0.6 is 0 Å². The number of nitrogens with zero attached hydrogens (tertiary/aromatic N) is 6. The minimum absolute atomic E-state index is 0.453. The molecule has 0 aliphatic heterocycles. The monoisotopic (exact) mass is 193 g/mol. The molecule has 0 atom stereocenters. The first-order chi connectivity index (χ1) is 6.66. The van der Waals surface area contributed by atoms with Crippen molar-refractivity contribution in [3.05, 3.63) is 17.6 Å². The molecule has 2 aromatic rings. The van der Waals surface area contributed by atoms with E-state index in [1.54, 1.807) is 9.36 Å². The number of aromatic nitrogens is 6. The van der Waals surface area contributed by atoms with Gasteiger partial charge in [0.15, 0.2) is 5.82 Å². The van der Waals surface area contributed by atoms with Crippen LogP contribution in [0.2, 0.25) is 0 Å². The Labute approximate surface area is 80.5 Å². The minimum Gasteiger partial charge on any atom is -0.381 e.